The van der Waals surface area contributed by atoms with Gasteiger partial charge >= 0.3 is 0 Å². The fraction of sp³-hybridized carbons (Fsp3) is 0.357. The molecule has 0 aliphatic rings. The van der Waals surface area contributed by atoms with Crippen molar-refractivity contribution in [1.82, 2.24) is 15.1 Å². The summed E-state index contributed by atoms with van der Waals surface area (Å²) in [6.07, 6.45) is 0.636. The highest BCUT2D eigenvalue weighted by Gasteiger charge is 2.19. The van der Waals surface area contributed by atoms with Crippen molar-refractivity contribution in [2.75, 3.05) is 7.05 Å². The molecule has 2 aromatic rings. The van der Waals surface area contributed by atoms with E-state index in [0.29, 0.717) is 12.0 Å². The van der Waals surface area contributed by atoms with Crippen molar-refractivity contribution >= 4 is 15.9 Å². The van der Waals surface area contributed by atoms with Crippen LogP contribution < -0.4 is 5.32 Å². The highest BCUT2D eigenvalue weighted by molar-refractivity contribution is 9.10. The van der Waals surface area contributed by atoms with Gasteiger partial charge in [0.15, 0.2) is 11.6 Å². The Hall–Kier alpha value is -1.27. The number of hydrogen-bond acceptors (Lipinski definition) is 2. The van der Waals surface area contributed by atoms with Gasteiger partial charge in [-0.05, 0) is 47.6 Å². The van der Waals surface area contributed by atoms with Crippen LogP contribution in [-0.4, -0.2) is 16.8 Å². The number of nitrogens with one attached hydrogen (secondary N) is 1. The van der Waals surface area contributed by atoms with Crippen LogP contribution >= 0.6 is 15.9 Å². The second-order valence-corrected chi connectivity index (χ2v) is 5.50. The minimum absolute atomic E-state index is 0.130. The van der Waals surface area contributed by atoms with Gasteiger partial charge in [-0.15, -0.1) is 0 Å². The largest absolute Gasteiger partial charge is 0.313 e. The summed E-state index contributed by atoms with van der Waals surface area (Å²) in [5.74, 6) is -1.71. The summed E-state index contributed by atoms with van der Waals surface area (Å²) in [6, 6.07) is 4.59. The molecule has 0 saturated carbocycles. The van der Waals surface area contributed by atoms with E-state index in [1.807, 2.05) is 20.0 Å². The number of rotatable bonds is 4. The van der Waals surface area contributed by atoms with Crippen LogP contribution in [0.3, 0.4) is 0 Å². The van der Waals surface area contributed by atoms with E-state index in [1.54, 1.807) is 17.8 Å². The molecule has 0 aliphatic carbocycles. The monoisotopic (exact) mass is 343 g/mol. The third-order valence-corrected chi connectivity index (χ3v) is 4.11. The van der Waals surface area contributed by atoms with Crippen molar-refractivity contribution in [3.05, 3.63) is 51.3 Å². The zero-order valence-electron chi connectivity index (χ0n) is 11.5. The number of aromatic nitrogens is 2. The van der Waals surface area contributed by atoms with E-state index in [1.165, 1.54) is 0 Å². The highest BCUT2D eigenvalue weighted by Crippen LogP contribution is 2.29. The average Bonchev–Trinajstić information content (AvgIpc) is 2.72. The minimum Gasteiger partial charge on any atom is -0.313 e. The molecule has 1 unspecified atom stereocenters. The predicted octanol–water partition coefficient (Wildman–Crippen LogP) is 3.27. The summed E-state index contributed by atoms with van der Waals surface area (Å²) in [5.41, 5.74) is 2.64. The third-order valence-electron chi connectivity index (χ3n) is 3.30. The van der Waals surface area contributed by atoms with Crippen LogP contribution in [0.15, 0.2) is 22.7 Å². The molecule has 0 fully saturated rings. The quantitative estimate of drug-likeness (QED) is 0.863. The topological polar surface area (TPSA) is 29.9 Å². The summed E-state index contributed by atoms with van der Waals surface area (Å²) in [6.45, 7) is 1.92. The molecule has 0 radical (unpaired) electrons. The molecule has 1 atom stereocenters. The van der Waals surface area contributed by atoms with Crippen LogP contribution in [0.5, 0.6) is 0 Å². The van der Waals surface area contributed by atoms with Gasteiger partial charge in [-0.25, -0.2) is 8.78 Å². The molecular weight excluding hydrogens is 328 g/mol. The lowest BCUT2D eigenvalue weighted by atomic mass is 10.0. The number of likely N-dealkylation sites (N-methyl/N-ethyl adjacent to an activating group) is 1. The van der Waals surface area contributed by atoms with Crippen LogP contribution in [0.25, 0.3) is 0 Å². The molecule has 1 N–H and O–H groups in total. The molecule has 20 heavy (non-hydrogen) atoms. The maximum atomic E-state index is 13.6. The van der Waals surface area contributed by atoms with Crippen LogP contribution in [0, 0.1) is 18.6 Å². The highest BCUT2D eigenvalue weighted by atomic mass is 79.9. The van der Waals surface area contributed by atoms with E-state index in [9.17, 15) is 8.78 Å². The third kappa shape index (κ3) is 2.91. The molecule has 0 spiro atoms. The average molecular weight is 344 g/mol. The molecule has 6 heteroatoms. The molecule has 0 bridgehead atoms. The molecule has 1 aromatic heterocycles. The zero-order valence-corrected chi connectivity index (χ0v) is 13.1. The molecule has 0 amide bonds. The zero-order chi connectivity index (χ0) is 14.9. The summed E-state index contributed by atoms with van der Waals surface area (Å²) in [5, 5.41) is 7.42. The van der Waals surface area contributed by atoms with E-state index >= 15 is 0 Å². The Bertz CT molecular complexity index is 625. The Balaban J connectivity index is 2.34. The lowest BCUT2D eigenvalue weighted by Crippen LogP contribution is -2.21. The second-order valence-electron chi connectivity index (χ2n) is 4.71. The molecule has 3 nitrogen and oxygen atoms in total. The van der Waals surface area contributed by atoms with E-state index in [4.69, 9.17) is 0 Å². The van der Waals surface area contributed by atoms with E-state index in [0.717, 1.165) is 17.5 Å². The molecule has 0 aliphatic heterocycles. The van der Waals surface area contributed by atoms with Crippen LogP contribution in [-0.2, 0) is 13.5 Å². The maximum absolute atomic E-state index is 13.6. The number of halogens is 3. The van der Waals surface area contributed by atoms with Crippen molar-refractivity contribution in [3.8, 4) is 0 Å². The number of hydrogen-bond donors (Lipinski definition) is 1. The van der Waals surface area contributed by atoms with Gasteiger partial charge in [-0.2, -0.15) is 5.10 Å². The molecule has 0 saturated heterocycles. The number of nitrogens with zero attached hydrogens (tertiary/aromatic N) is 2. The summed E-state index contributed by atoms with van der Waals surface area (Å²) in [4.78, 5) is 0. The maximum Gasteiger partial charge on any atom is 0.173 e. The minimum atomic E-state index is -0.857. The Morgan fingerprint density at radius 2 is 2.10 bits per heavy atom. The SMILES string of the molecule is CNC(Cc1cc(C)nn1C)c1ccc(F)c(F)c1Br. The fourth-order valence-corrected chi connectivity index (χ4v) is 2.84. The lowest BCUT2D eigenvalue weighted by molar-refractivity contribution is 0.493. The van der Waals surface area contributed by atoms with Gasteiger partial charge in [-0.1, -0.05) is 6.07 Å². The first-order chi connectivity index (χ1) is 9.43. The van der Waals surface area contributed by atoms with Gasteiger partial charge in [0, 0.05) is 25.2 Å². The summed E-state index contributed by atoms with van der Waals surface area (Å²) < 4.78 is 28.8. The lowest BCUT2D eigenvalue weighted by Gasteiger charge is -2.18. The molecule has 2 rings (SSSR count). The van der Waals surface area contributed by atoms with Gasteiger partial charge in [-0.3, -0.25) is 4.68 Å². The van der Waals surface area contributed by atoms with Gasteiger partial charge in [0.05, 0.1) is 10.2 Å². The van der Waals surface area contributed by atoms with Gasteiger partial charge < -0.3 is 5.32 Å². The first-order valence-electron chi connectivity index (χ1n) is 6.24. The standard InChI is InChI=1S/C14H16BrF2N3/c1-8-6-9(20(3)19-8)7-12(18-2)10-4-5-11(16)14(17)13(10)15/h4-6,12,18H,7H2,1-3H3. The Morgan fingerprint density at radius 3 is 2.65 bits per heavy atom. The summed E-state index contributed by atoms with van der Waals surface area (Å²) >= 11 is 3.13. The van der Waals surface area contributed by atoms with Crippen LogP contribution in [0.2, 0.25) is 0 Å². The molecule has 1 heterocycles. The number of benzene rings is 1. The normalized spacial score (nSPS) is 12.7. The van der Waals surface area contributed by atoms with Crippen molar-refractivity contribution in [2.24, 2.45) is 7.05 Å². The second kappa shape index (κ2) is 6.01. The Morgan fingerprint density at radius 1 is 1.40 bits per heavy atom. The fourth-order valence-electron chi connectivity index (χ4n) is 2.24. The van der Waals surface area contributed by atoms with Gasteiger partial charge in [0.25, 0.3) is 0 Å². The number of aryl methyl sites for hydroxylation is 2. The van der Waals surface area contributed by atoms with E-state index < -0.39 is 11.6 Å². The van der Waals surface area contributed by atoms with Crippen molar-refractivity contribution in [2.45, 2.75) is 19.4 Å². The van der Waals surface area contributed by atoms with Gasteiger partial charge in [0.1, 0.15) is 0 Å². The Labute approximate surface area is 125 Å². The molecule has 1 aromatic carbocycles. The van der Waals surface area contributed by atoms with Gasteiger partial charge in [0.2, 0.25) is 0 Å². The van der Waals surface area contributed by atoms with Crippen molar-refractivity contribution < 1.29 is 8.78 Å². The Kier molecular flexibility index (Phi) is 4.55. The van der Waals surface area contributed by atoms with E-state index in [2.05, 4.69) is 26.3 Å². The van der Waals surface area contributed by atoms with Crippen molar-refractivity contribution in [1.29, 1.82) is 0 Å². The van der Waals surface area contributed by atoms with Crippen LogP contribution in [0.4, 0.5) is 8.78 Å². The summed E-state index contributed by atoms with van der Waals surface area (Å²) in [7, 11) is 3.66. The molecular formula is C14H16BrF2N3. The van der Waals surface area contributed by atoms with E-state index in [-0.39, 0.29) is 10.5 Å². The first-order valence-corrected chi connectivity index (χ1v) is 7.03. The smallest absolute Gasteiger partial charge is 0.173 e. The first kappa shape index (κ1) is 15.1. The predicted molar refractivity (Wildman–Crippen MR) is 77.5 cm³/mol. The molecule has 108 valence electrons. The van der Waals surface area contributed by atoms with Crippen LogP contribution in [0.1, 0.15) is 23.0 Å². The van der Waals surface area contributed by atoms with Crippen molar-refractivity contribution in [3.63, 3.8) is 0 Å².